The highest BCUT2D eigenvalue weighted by molar-refractivity contribution is 5.96. The molecule has 3 rings (SSSR count). The molecule has 1 saturated carbocycles. The van der Waals surface area contributed by atoms with Gasteiger partial charge in [-0.05, 0) is 56.0 Å². The third kappa shape index (κ3) is 4.07. The summed E-state index contributed by atoms with van der Waals surface area (Å²) in [6, 6.07) is 6.43. The number of benzene rings is 1. The number of hydrogen-bond acceptors (Lipinski definition) is 3. The fourth-order valence-electron chi connectivity index (χ4n) is 2.60. The second kappa shape index (κ2) is 7.64. The van der Waals surface area contributed by atoms with E-state index in [0.717, 1.165) is 19.3 Å². The van der Waals surface area contributed by atoms with Gasteiger partial charge in [-0.2, -0.15) is 0 Å². The van der Waals surface area contributed by atoms with Crippen LogP contribution in [0.3, 0.4) is 0 Å². The van der Waals surface area contributed by atoms with E-state index in [-0.39, 0.29) is 23.4 Å². The first-order valence-corrected chi connectivity index (χ1v) is 8.85. The Morgan fingerprint density at radius 1 is 1.19 bits per heavy atom. The SMILES string of the molecule is CCCNC(=O)c1ccc(-c2cc(C(=O)NC3CC3)cc(F)c2C)nc1. The molecule has 0 saturated heterocycles. The molecule has 1 aliphatic carbocycles. The summed E-state index contributed by atoms with van der Waals surface area (Å²) in [7, 11) is 0. The van der Waals surface area contributed by atoms with Gasteiger partial charge in [-0.3, -0.25) is 14.6 Å². The molecule has 1 aromatic heterocycles. The summed E-state index contributed by atoms with van der Waals surface area (Å²) in [6.07, 6.45) is 4.26. The standard InChI is InChI=1S/C20H22FN3O2/c1-3-8-22-19(25)13-4-7-18(23-11-13)16-9-14(10-17(21)12(16)2)20(26)24-15-5-6-15/h4,7,9-11,15H,3,5-6,8H2,1-2H3,(H,22,25)(H,24,26). The number of carbonyl (C=O) groups is 2. The third-order valence-corrected chi connectivity index (χ3v) is 4.36. The maximum Gasteiger partial charge on any atom is 0.252 e. The van der Waals surface area contributed by atoms with Gasteiger partial charge >= 0.3 is 0 Å². The molecule has 0 spiro atoms. The van der Waals surface area contributed by atoms with E-state index in [1.165, 1.54) is 12.3 Å². The van der Waals surface area contributed by atoms with Crippen LogP contribution >= 0.6 is 0 Å². The summed E-state index contributed by atoms with van der Waals surface area (Å²) < 4.78 is 14.3. The zero-order valence-corrected chi connectivity index (χ0v) is 14.9. The lowest BCUT2D eigenvalue weighted by Gasteiger charge is -2.11. The van der Waals surface area contributed by atoms with Crippen LogP contribution in [0.5, 0.6) is 0 Å². The molecule has 1 aromatic carbocycles. The van der Waals surface area contributed by atoms with Crippen molar-refractivity contribution in [2.45, 2.75) is 39.2 Å². The van der Waals surface area contributed by atoms with Gasteiger partial charge in [0.15, 0.2) is 0 Å². The van der Waals surface area contributed by atoms with Gasteiger partial charge in [0, 0.05) is 29.9 Å². The normalized spacial score (nSPS) is 13.3. The van der Waals surface area contributed by atoms with Gasteiger partial charge in [-0.1, -0.05) is 6.92 Å². The molecule has 2 aromatic rings. The molecular weight excluding hydrogens is 333 g/mol. The average molecular weight is 355 g/mol. The predicted octanol–water partition coefficient (Wildman–Crippen LogP) is 3.23. The Balaban J connectivity index is 1.86. The summed E-state index contributed by atoms with van der Waals surface area (Å²) in [5.41, 5.74) is 2.22. The molecule has 5 nitrogen and oxygen atoms in total. The Morgan fingerprint density at radius 2 is 1.96 bits per heavy atom. The molecule has 2 N–H and O–H groups in total. The Labute approximate surface area is 152 Å². The largest absolute Gasteiger partial charge is 0.352 e. The van der Waals surface area contributed by atoms with E-state index in [4.69, 9.17) is 0 Å². The molecule has 1 aliphatic rings. The van der Waals surface area contributed by atoms with Crippen molar-refractivity contribution in [3.05, 3.63) is 53.0 Å². The van der Waals surface area contributed by atoms with Crippen molar-refractivity contribution >= 4 is 11.8 Å². The summed E-state index contributed by atoms with van der Waals surface area (Å²) >= 11 is 0. The minimum absolute atomic E-state index is 0.189. The van der Waals surface area contributed by atoms with Crippen molar-refractivity contribution < 1.29 is 14.0 Å². The first kappa shape index (κ1) is 18.0. The van der Waals surface area contributed by atoms with E-state index in [0.29, 0.717) is 28.9 Å². The molecule has 0 aliphatic heterocycles. The zero-order chi connectivity index (χ0) is 18.7. The number of hydrogen-bond donors (Lipinski definition) is 2. The first-order valence-electron chi connectivity index (χ1n) is 8.85. The Hall–Kier alpha value is -2.76. The van der Waals surface area contributed by atoms with Crippen molar-refractivity contribution in [1.29, 1.82) is 0 Å². The lowest BCUT2D eigenvalue weighted by atomic mass is 10.00. The molecular formula is C20H22FN3O2. The highest BCUT2D eigenvalue weighted by Crippen LogP contribution is 2.26. The fraction of sp³-hybridized carbons (Fsp3) is 0.350. The van der Waals surface area contributed by atoms with Gasteiger partial charge in [0.05, 0.1) is 11.3 Å². The summed E-state index contributed by atoms with van der Waals surface area (Å²) in [5, 5.41) is 5.64. The number of rotatable bonds is 6. The van der Waals surface area contributed by atoms with Crippen LogP contribution in [0.15, 0.2) is 30.5 Å². The molecule has 0 atom stereocenters. The lowest BCUT2D eigenvalue weighted by molar-refractivity contribution is 0.0943. The quantitative estimate of drug-likeness (QED) is 0.836. The summed E-state index contributed by atoms with van der Waals surface area (Å²) in [6.45, 7) is 4.23. The minimum Gasteiger partial charge on any atom is -0.352 e. The van der Waals surface area contributed by atoms with Crippen LogP contribution in [0, 0.1) is 12.7 Å². The zero-order valence-electron chi connectivity index (χ0n) is 14.9. The van der Waals surface area contributed by atoms with Crippen LogP contribution in [0.4, 0.5) is 4.39 Å². The van der Waals surface area contributed by atoms with Crippen LogP contribution in [0.2, 0.25) is 0 Å². The number of nitrogens with zero attached hydrogens (tertiary/aromatic N) is 1. The van der Waals surface area contributed by atoms with Gasteiger partial charge in [0.25, 0.3) is 11.8 Å². The molecule has 0 unspecified atom stereocenters. The van der Waals surface area contributed by atoms with Crippen LogP contribution in [0.25, 0.3) is 11.3 Å². The number of aromatic nitrogens is 1. The van der Waals surface area contributed by atoms with Gasteiger partial charge in [-0.25, -0.2) is 4.39 Å². The second-order valence-corrected chi connectivity index (χ2v) is 6.57. The summed E-state index contributed by atoms with van der Waals surface area (Å²) in [5.74, 6) is -0.912. The highest BCUT2D eigenvalue weighted by Gasteiger charge is 2.24. The fourth-order valence-corrected chi connectivity index (χ4v) is 2.60. The first-order chi connectivity index (χ1) is 12.5. The predicted molar refractivity (Wildman–Crippen MR) is 97.5 cm³/mol. The number of pyridine rings is 1. The lowest BCUT2D eigenvalue weighted by Crippen LogP contribution is -2.25. The van der Waals surface area contributed by atoms with Gasteiger partial charge in [-0.15, -0.1) is 0 Å². The number of nitrogens with one attached hydrogen (secondary N) is 2. The van der Waals surface area contributed by atoms with Crippen molar-refractivity contribution in [1.82, 2.24) is 15.6 Å². The topological polar surface area (TPSA) is 71.1 Å². The molecule has 1 fully saturated rings. The summed E-state index contributed by atoms with van der Waals surface area (Å²) in [4.78, 5) is 28.5. The van der Waals surface area contributed by atoms with E-state index in [1.807, 2.05) is 6.92 Å². The highest BCUT2D eigenvalue weighted by atomic mass is 19.1. The van der Waals surface area contributed by atoms with Gasteiger partial charge < -0.3 is 10.6 Å². The van der Waals surface area contributed by atoms with E-state index >= 15 is 0 Å². The maximum absolute atomic E-state index is 14.3. The Morgan fingerprint density at radius 3 is 2.58 bits per heavy atom. The second-order valence-electron chi connectivity index (χ2n) is 6.57. The number of amides is 2. The maximum atomic E-state index is 14.3. The van der Waals surface area contributed by atoms with Crippen LogP contribution in [0.1, 0.15) is 52.5 Å². The van der Waals surface area contributed by atoms with Crippen LogP contribution in [-0.4, -0.2) is 29.4 Å². The monoisotopic (exact) mass is 355 g/mol. The van der Waals surface area contributed by atoms with Crippen molar-refractivity contribution in [2.24, 2.45) is 0 Å². The van der Waals surface area contributed by atoms with E-state index in [9.17, 15) is 14.0 Å². The number of halogens is 1. The average Bonchev–Trinajstić information content (AvgIpc) is 3.46. The minimum atomic E-state index is -0.449. The van der Waals surface area contributed by atoms with E-state index in [1.54, 1.807) is 25.1 Å². The van der Waals surface area contributed by atoms with Crippen molar-refractivity contribution in [3.63, 3.8) is 0 Å². The molecule has 136 valence electrons. The molecule has 2 amide bonds. The Bertz CT molecular complexity index is 830. The molecule has 6 heteroatoms. The molecule has 0 radical (unpaired) electrons. The number of carbonyl (C=O) groups excluding carboxylic acids is 2. The van der Waals surface area contributed by atoms with Crippen LogP contribution in [-0.2, 0) is 0 Å². The van der Waals surface area contributed by atoms with Crippen LogP contribution < -0.4 is 10.6 Å². The third-order valence-electron chi connectivity index (χ3n) is 4.36. The molecule has 0 bridgehead atoms. The van der Waals surface area contributed by atoms with E-state index < -0.39 is 5.82 Å². The van der Waals surface area contributed by atoms with Crippen molar-refractivity contribution in [3.8, 4) is 11.3 Å². The molecule has 1 heterocycles. The van der Waals surface area contributed by atoms with Gasteiger partial charge in [0.1, 0.15) is 5.82 Å². The van der Waals surface area contributed by atoms with Gasteiger partial charge in [0.2, 0.25) is 0 Å². The smallest absolute Gasteiger partial charge is 0.252 e. The molecule has 26 heavy (non-hydrogen) atoms. The van der Waals surface area contributed by atoms with Crippen molar-refractivity contribution in [2.75, 3.05) is 6.54 Å². The van der Waals surface area contributed by atoms with E-state index in [2.05, 4.69) is 15.6 Å². The Kier molecular flexibility index (Phi) is 5.30.